The molecule has 0 aliphatic heterocycles. The van der Waals surface area contributed by atoms with Gasteiger partial charge in [-0.05, 0) is 87.5 Å². The zero-order chi connectivity index (χ0) is 18.3. The number of amides is 3. The van der Waals surface area contributed by atoms with Crippen LogP contribution >= 0.6 is 15.9 Å². The van der Waals surface area contributed by atoms with Gasteiger partial charge >= 0.3 is 6.03 Å². The molecule has 4 aliphatic carbocycles. The summed E-state index contributed by atoms with van der Waals surface area (Å²) in [6.07, 6.45) is 7.22. The highest BCUT2D eigenvalue weighted by Gasteiger charge is 2.51. The summed E-state index contributed by atoms with van der Waals surface area (Å²) >= 11 is 3.39. The number of rotatable bonds is 4. The lowest BCUT2D eigenvalue weighted by molar-refractivity contribution is -0.120. The zero-order valence-electron chi connectivity index (χ0n) is 15.1. The van der Waals surface area contributed by atoms with E-state index in [2.05, 4.69) is 31.9 Å². The number of urea groups is 1. The maximum Gasteiger partial charge on any atom is 0.321 e. The first-order valence-corrected chi connectivity index (χ1v) is 10.4. The Kier molecular flexibility index (Phi) is 4.71. The normalized spacial score (nSPS) is 32.8. The molecule has 3 N–H and O–H groups in total. The number of hydrogen-bond acceptors (Lipinski definition) is 3. The fraction of sp³-hybridized carbons (Fsp3) is 0.600. The Morgan fingerprint density at radius 2 is 1.58 bits per heavy atom. The van der Waals surface area contributed by atoms with Crippen molar-refractivity contribution >= 4 is 33.6 Å². The highest BCUT2D eigenvalue weighted by Crippen LogP contribution is 2.55. The Labute approximate surface area is 162 Å². The molecule has 3 amide bonds. The second-order valence-electron chi connectivity index (χ2n) is 8.51. The first-order valence-electron chi connectivity index (χ1n) is 9.56. The summed E-state index contributed by atoms with van der Waals surface area (Å²) < 4.78 is 0.982. The summed E-state index contributed by atoms with van der Waals surface area (Å²) in [7, 11) is 0. The van der Waals surface area contributed by atoms with Gasteiger partial charge in [-0.2, -0.15) is 0 Å². The maximum atomic E-state index is 12.5. The molecular formula is C20H26BrN3O2. The van der Waals surface area contributed by atoms with Crippen molar-refractivity contribution in [3.63, 3.8) is 0 Å². The first-order chi connectivity index (χ1) is 12.4. The minimum atomic E-state index is -0.488. The van der Waals surface area contributed by atoms with Crippen molar-refractivity contribution in [1.29, 1.82) is 0 Å². The summed E-state index contributed by atoms with van der Waals surface area (Å²) in [5.41, 5.74) is 0.763. The predicted molar refractivity (Wildman–Crippen MR) is 105 cm³/mol. The maximum absolute atomic E-state index is 12.5. The van der Waals surface area contributed by atoms with Crippen LogP contribution in [0.5, 0.6) is 0 Å². The van der Waals surface area contributed by atoms with Gasteiger partial charge in [0, 0.05) is 15.7 Å². The number of benzene rings is 1. The largest absolute Gasteiger partial charge is 0.374 e. The van der Waals surface area contributed by atoms with Crippen LogP contribution in [0.4, 0.5) is 10.5 Å². The molecule has 4 aliphatic rings. The molecule has 0 heterocycles. The number of carbonyl (C=O) groups is 2. The van der Waals surface area contributed by atoms with Gasteiger partial charge in [-0.1, -0.05) is 15.9 Å². The van der Waals surface area contributed by atoms with Crippen LogP contribution in [0.2, 0.25) is 0 Å². The minimum Gasteiger partial charge on any atom is -0.374 e. The molecule has 4 saturated carbocycles. The monoisotopic (exact) mass is 419 g/mol. The van der Waals surface area contributed by atoms with E-state index in [1.807, 2.05) is 24.3 Å². The molecule has 1 aromatic rings. The van der Waals surface area contributed by atoms with E-state index in [1.54, 1.807) is 6.92 Å². The van der Waals surface area contributed by atoms with Gasteiger partial charge in [-0.3, -0.25) is 10.1 Å². The molecule has 4 fully saturated rings. The van der Waals surface area contributed by atoms with E-state index in [9.17, 15) is 9.59 Å². The average Bonchev–Trinajstić information content (AvgIpc) is 2.55. The van der Waals surface area contributed by atoms with Crippen LogP contribution in [0.3, 0.4) is 0 Å². The molecular weight excluding hydrogens is 394 g/mol. The van der Waals surface area contributed by atoms with Crippen LogP contribution in [-0.4, -0.2) is 23.5 Å². The molecule has 0 spiro atoms. The molecule has 0 saturated heterocycles. The standard InChI is InChI=1S/C20H26BrN3O2/c1-12(22-17-4-2-16(21)3-5-17)18(25)23-19(26)24-20-9-13-6-14(10-20)8-15(7-13)11-20/h2-5,12-15,22H,6-11H2,1H3,(H2,23,24,25,26). The first kappa shape index (κ1) is 17.8. The van der Waals surface area contributed by atoms with E-state index in [0.717, 1.165) is 47.2 Å². The molecule has 1 atom stereocenters. The highest BCUT2D eigenvalue weighted by atomic mass is 79.9. The number of hydrogen-bond donors (Lipinski definition) is 3. The quantitative estimate of drug-likeness (QED) is 0.689. The summed E-state index contributed by atoms with van der Waals surface area (Å²) in [5, 5.41) is 8.82. The summed E-state index contributed by atoms with van der Waals surface area (Å²) in [6.45, 7) is 1.76. The van der Waals surface area contributed by atoms with E-state index in [4.69, 9.17) is 0 Å². The predicted octanol–water partition coefficient (Wildman–Crippen LogP) is 4.04. The van der Waals surface area contributed by atoms with Gasteiger partial charge in [0.05, 0.1) is 0 Å². The number of halogens is 1. The Morgan fingerprint density at radius 3 is 2.12 bits per heavy atom. The van der Waals surface area contributed by atoms with Gasteiger partial charge in [0.25, 0.3) is 0 Å². The van der Waals surface area contributed by atoms with Gasteiger partial charge in [-0.25, -0.2) is 4.79 Å². The number of anilines is 1. The van der Waals surface area contributed by atoms with Crippen molar-refractivity contribution in [2.75, 3.05) is 5.32 Å². The van der Waals surface area contributed by atoms with E-state index < -0.39 is 6.04 Å². The van der Waals surface area contributed by atoms with E-state index in [-0.39, 0.29) is 17.5 Å². The molecule has 6 heteroatoms. The number of carbonyl (C=O) groups excluding carboxylic acids is 2. The molecule has 1 aromatic carbocycles. The third-order valence-electron chi connectivity index (χ3n) is 6.27. The van der Waals surface area contributed by atoms with Gasteiger partial charge in [0.2, 0.25) is 5.91 Å². The van der Waals surface area contributed by atoms with E-state index >= 15 is 0 Å². The third-order valence-corrected chi connectivity index (χ3v) is 6.80. The molecule has 26 heavy (non-hydrogen) atoms. The van der Waals surface area contributed by atoms with Crippen molar-refractivity contribution in [1.82, 2.24) is 10.6 Å². The number of imide groups is 1. The number of nitrogens with one attached hydrogen (secondary N) is 3. The lowest BCUT2D eigenvalue weighted by Crippen LogP contribution is -2.62. The van der Waals surface area contributed by atoms with E-state index in [1.165, 1.54) is 19.3 Å². The van der Waals surface area contributed by atoms with Crippen molar-refractivity contribution in [3.05, 3.63) is 28.7 Å². The second-order valence-corrected chi connectivity index (χ2v) is 9.43. The van der Waals surface area contributed by atoms with Crippen LogP contribution in [0.25, 0.3) is 0 Å². The van der Waals surface area contributed by atoms with Crippen molar-refractivity contribution in [2.24, 2.45) is 17.8 Å². The summed E-state index contributed by atoms with van der Waals surface area (Å²) in [4.78, 5) is 24.8. The third kappa shape index (κ3) is 3.75. The lowest BCUT2D eigenvalue weighted by atomic mass is 9.53. The van der Waals surface area contributed by atoms with Gasteiger partial charge < -0.3 is 10.6 Å². The second kappa shape index (κ2) is 6.87. The minimum absolute atomic E-state index is 0.0819. The molecule has 140 valence electrons. The summed E-state index contributed by atoms with van der Waals surface area (Å²) in [5.74, 6) is 1.97. The van der Waals surface area contributed by atoms with E-state index in [0.29, 0.717) is 0 Å². The molecule has 4 bridgehead atoms. The molecule has 0 radical (unpaired) electrons. The van der Waals surface area contributed by atoms with Crippen LogP contribution in [0, 0.1) is 17.8 Å². The topological polar surface area (TPSA) is 70.2 Å². The Morgan fingerprint density at radius 1 is 1.04 bits per heavy atom. The van der Waals surface area contributed by atoms with Crippen molar-refractivity contribution in [3.8, 4) is 0 Å². The Balaban J connectivity index is 1.31. The fourth-order valence-corrected chi connectivity index (χ4v) is 5.88. The van der Waals surface area contributed by atoms with Gasteiger partial charge in [-0.15, -0.1) is 0 Å². The summed E-state index contributed by atoms with van der Waals surface area (Å²) in [6, 6.07) is 6.77. The smallest absolute Gasteiger partial charge is 0.321 e. The van der Waals surface area contributed by atoms with Crippen LogP contribution in [0.15, 0.2) is 28.7 Å². The molecule has 0 aromatic heterocycles. The molecule has 1 unspecified atom stereocenters. The SMILES string of the molecule is CC(Nc1ccc(Br)cc1)C(=O)NC(=O)NC12CC3CC(CC(C3)C1)C2. The average molecular weight is 420 g/mol. The highest BCUT2D eigenvalue weighted by molar-refractivity contribution is 9.10. The van der Waals surface area contributed by atoms with Gasteiger partial charge in [0.1, 0.15) is 6.04 Å². The van der Waals surface area contributed by atoms with Gasteiger partial charge in [0.15, 0.2) is 0 Å². The van der Waals surface area contributed by atoms with Crippen molar-refractivity contribution in [2.45, 2.75) is 57.0 Å². The van der Waals surface area contributed by atoms with Crippen LogP contribution in [0.1, 0.15) is 45.4 Å². The van der Waals surface area contributed by atoms with Crippen LogP contribution in [-0.2, 0) is 4.79 Å². The fourth-order valence-electron chi connectivity index (χ4n) is 5.62. The molecule has 5 nitrogen and oxygen atoms in total. The van der Waals surface area contributed by atoms with Crippen LogP contribution < -0.4 is 16.0 Å². The zero-order valence-corrected chi connectivity index (χ0v) is 16.6. The lowest BCUT2D eigenvalue weighted by Gasteiger charge is -2.56. The Bertz CT molecular complexity index is 668. The molecule has 5 rings (SSSR count). The van der Waals surface area contributed by atoms with Crippen molar-refractivity contribution < 1.29 is 9.59 Å². The Hall–Kier alpha value is -1.56.